The quantitative estimate of drug-likeness (QED) is 0.537. The summed E-state index contributed by atoms with van der Waals surface area (Å²) in [6.45, 7) is 0. The third-order valence-corrected chi connectivity index (χ3v) is 5.87. The Morgan fingerprint density at radius 2 is 1.63 bits per heavy atom. The summed E-state index contributed by atoms with van der Waals surface area (Å²) in [4.78, 5) is 23.7. The molecule has 0 heterocycles. The number of hydrogen-bond donors (Lipinski definition) is 2. The van der Waals surface area contributed by atoms with Crippen LogP contribution in [0, 0.1) is 11.7 Å². The van der Waals surface area contributed by atoms with E-state index in [0.29, 0.717) is 15.6 Å². The second-order valence-electron chi connectivity index (χ2n) is 5.95. The molecule has 0 aliphatic heterocycles. The van der Waals surface area contributed by atoms with Crippen molar-refractivity contribution < 1.29 is 19.1 Å². The second-order valence-corrected chi connectivity index (χ2v) is 8.64. The lowest BCUT2D eigenvalue weighted by atomic mass is 10.1. The van der Waals surface area contributed by atoms with Crippen molar-refractivity contribution >= 4 is 75.6 Å². The highest BCUT2D eigenvalue weighted by Gasteiger charge is 2.67. The third-order valence-electron chi connectivity index (χ3n) is 4.11. The molecule has 0 saturated heterocycles. The highest BCUT2D eigenvalue weighted by atomic mass is 35.5. The van der Waals surface area contributed by atoms with E-state index in [1.165, 1.54) is 6.07 Å². The Kier molecular flexibility index (Phi) is 5.54. The molecule has 4 nitrogen and oxygen atoms in total. The monoisotopic (exact) mass is 469 g/mol. The van der Waals surface area contributed by atoms with Crippen molar-refractivity contribution in [2.75, 3.05) is 5.32 Å². The topological polar surface area (TPSA) is 66.4 Å². The van der Waals surface area contributed by atoms with Gasteiger partial charge in [0.15, 0.2) is 0 Å². The van der Waals surface area contributed by atoms with Gasteiger partial charge in [0.25, 0.3) is 0 Å². The lowest BCUT2D eigenvalue weighted by Crippen LogP contribution is -2.17. The van der Waals surface area contributed by atoms with Crippen molar-refractivity contribution in [2.45, 2.75) is 10.3 Å². The van der Waals surface area contributed by atoms with Crippen molar-refractivity contribution in [3.8, 4) is 0 Å². The molecule has 1 amide bonds. The summed E-state index contributed by atoms with van der Waals surface area (Å²) in [5.74, 6) is -4.49. The standard InChI is InChI=1S/C17H9Cl5FNO3/c18-7-1-6(2-8(19)3-7)12-13(17(12,21)22)15(25)24-9-4-10(16(26)27)14(20)11(23)5-9/h1-5,12-13H,(H,24,25)(H,26,27)/t12-,13+/m0/s1. The van der Waals surface area contributed by atoms with Crippen LogP contribution in [0.15, 0.2) is 30.3 Å². The largest absolute Gasteiger partial charge is 0.478 e. The fraction of sp³-hybridized carbons (Fsp3) is 0.176. The van der Waals surface area contributed by atoms with Gasteiger partial charge in [0.05, 0.1) is 16.5 Å². The van der Waals surface area contributed by atoms with E-state index in [1.54, 1.807) is 12.1 Å². The molecular formula is C17H9Cl5FNO3. The average Bonchev–Trinajstić information content (AvgIpc) is 3.12. The SMILES string of the molecule is O=C(O)c1cc(NC(=O)[C@H]2[C@H](c3cc(Cl)cc(Cl)c3)C2(Cl)Cl)cc(F)c1Cl. The molecule has 2 aromatic carbocycles. The van der Waals surface area contributed by atoms with E-state index in [9.17, 15) is 14.0 Å². The van der Waals surface area contributed by atoms with Crippen LogP contribution in [0.25, 0.3) is 0 Å². The predicted molar refractivity (Wildman–Crippen MR) is 104 cm³/mol. The Balaban J connectivity index is 1.86. The van der Waals surface area contributed by atoms with Gasteiger partial charge in [-0.25, -0.2) is 9.18 Å². The fourth-order valence-electron chi connectivity index (χ4n) is 2.86. The minimum Gasteiger partial charge on any atom is -0.478 e. The van der Waals surface area contributed by atoms with Crippen LogP contribution in [0.1, 0.15) is 21.8 Å². The van der Waals surface area contributed by atoms with Gasteiger partial charge in [0.2, 0.25) is 5.91 Å². The summed E-state index contributed by atoms with van der Waals surface area (Å²) in [6, 6.07) is 6.66. The summed E-state index contributed by atoms with van der Waals surface area (Å²) >= 11 is 30.0. The van der Waals surface area contributed by atoms with Crippen molar-refractivity contribution in [3.05, 3.63) is 62.3 Å². The summed E-state index contributed by atoms with van der Waals surface area (Å²) in [7, 11) is 0. The zero-order valence-electron chi connectivity index (χ0n) is 13.1. The number of carbonyl (C=O) groups is 2. The second kappa shape index (κ2) is 7.30. The van der Waals surface area contributed by atoms with E-state index in [0.717, 1.165) is 12.1 Å². The average molecular weight is 472 g/mol. The maximum atomic E-state index is 13.8. The summed E-state index contributed by atoms with van der Waals surface area (Å²) < 4.78 is 12.4. The number of rotatable bonds is 4. The third kappa shape index (κ3) is 3.98. The Labute approximate surface area is 178 Å². The number of carbonyl (C=O) groups excluding carboxylic acids is 1. The molecule has 0 unspecified atom stereocenters. The van der Waals surface area contributed by atoms with E-state index in [4.69, 9.17) is 63.1 Å². The molecule has 3 rings (SSSR count). The van der Waals surface area contributed by atoms with Gasteiger partial charge in [-0.2, -0.15) is 0 Å². The molecule has 0 spiro atoms. The van der Waals surface area contributed by atoms with Crippen LogP contribution in [0.4, 0.5) is 10.1 Å². The first-order chi connectivity index (χ1) is 12.5. The molecule has 2 atom stereocenters. The molecule has 0 bridgehead atoms. The summed E-state index contributed by atoms with van der Waals surface area (Å²) in [6.07, 6.45) is 0. The minimum atomic E-state index is -1.43. The molecule has 1 fully saturated rings. The van der Waals surface area contributed by atoms with Gasteiger partial charge in [0.1, 0.15) is 10.2 Å². The Morgan fingerprint density at radius 3 is 2.19 bits per heavy atom. The van der Waals surface area contributed by atoms with Gasteiger partial charge in [-0.3, -0.25) is 4.79 Å². The van der Waals surface area contributed by atoms with E-state index in [1.807, 2.05) is 0 Å². The number of anilines is 1. The number of aromatic carboxylic acids is 1. The van der Waals surface area contributed by atoms with E-state index >= 15 is 0 Å². The molecule has 0 aromatic heterocycles. The number of halogens is 6. The van der Waals surface area contributed by atoms with Crippen LogP contribution in [-0.4, -0.2) is 21.3 Å². The molecule has 0 radical (unpaired) electrons. The van der Waals surface area contributed by atoms with Gasteiger partial charge >= 0.3 is 5.97 Å². The molecule has 1 saturated carbocycles. The van der Waals surface area contributed by atoms with Gasteiger partial charge < -0.3 is 10.4 Å². The van der Waals surface area contributed by atoms with Gasteiger partial charge in [-0.05, 0) is 35.9 Å². The molecule has 1 aliphatic carbocycles. The van der Waals surface area contributed by atoms with Gasteiger partial charge in [0, 0.05) is 21.7 Å². The van der Waals surface area contributed by atoms with Crippen LogP contribution in [0.2, 0.25) is 15.1 Å². The Morgan fingerprint density at radius 1 is 1.04 bits per heavy atom. The number of alkyl halides is 2. The minimum absolute atomic E-state index is 0.0850. The number of benzene rings is 2. The number of hydrogen-bond acceptors (Lipinski definition) is 2. The molecule has 2 N–H and O–H groups in total. The maximum Gasteiger partial charge on any atom is 0.337 e. The molecule has 142 valence electrons. The number of amides is 1. The van der Waals surface area contributed by atoms with Crippen LogP contribution in [0.3, 0.4) is 0 Å². The lowest BCUT2D eigenvalue weighted by Gasteiger charge is -2.08. The molecular weight excluding hydrogens is 462 g/mol. The first-order valence-corrected chi connectivity index (χ1v) is 9.28. The predicted octanol–water partition coefficient (Wildman–Crippen LogP) is 6.01. The highest BCUT2D eigenvalue weighted by molar-refractivity contribution is 6.53. The van der Waals surface area contributed by atoms with Crippen molar-refractivity contribution in [1.29, 1.82) is 0 Å². The normalized spacial score (nSPS) is 20.2. The van der Waals surface area contributed by atoms with Crippen molar-refractivity contribution in [1.82, 2.24) is 0 Å². The molecule has 1 aliphatic rings. The van der Waals surface area contributed by atoms with Crippen LogP contribution in [0.5, 0.6) is 0 Å². The van der Waals surface area contributed by atoms with E-state index in [-0.39, 0.29) is 5.69 Å². The van der Waals surface area contributed by atoms with Crippen LogP contribution < -0.4 is 5.32 Å². The van der Waals surface area contributed by atoms with Crippen molar-refractivity contribution in [3.63, 3.8) is 0 Å². The maximum absolute atomic E-state index is 13.8. The van der Waals surface area contributed by atoms with Gasteiger partial charge in [-0.1, -0.05) is 34.8 Å². The van der Waals surface area contributed by atoms with Crippen molar-refractivity contribution in [2.24, 2.45) is 5.92 Å². The smallest absolute Gasteiger partial charge is 0.337 e. The van der Waals surface area contributed by atoms with Crippen LogP contribution in [-0.2, 0) is 4.79 Å². The number of carboxylic acid groups (broad SMARTS) is 1. The van der Waals surface area contributed by atoms with Crippen LogP contribution >= 0.6 is 58.0 Å². The fourth-order valence-corrected chi connectivity index (χ4v) is 4.42. The molecule has 10 heteroatoms. The summed E-state index contributed by atoms with van der Waals surface area (Å²) in [5, 5.41) is 11.6. The number of carboxylic acids is 1. The zero-order chi connectivity index (χ0) is 20.1. The molecule has 27 heavy (non-hydrogen) atoms. The first kappa shape index (κ1) is 20.5. The first-order valence-electron chi connectivity index (χ1n) is 7.39. The zero-order valence-corrected chi connectivity index (χ0v) is 16.9. The van der Waals surface area contributed by atoms with E-state index < -0.39 is 44.4 Å². The summed E-state index contributed by atoms with van der Waals surface area (Å²) in [5.41, 5.74) is 0.00770. The molecule has 2 aromatic rings. The van der Waals surface area contributed by atoms with E-state index in [2.05, 4.69) is 5.32 Å². The van der Waals surface area contributed by atoms with Gasteiger partial charge in [-0.15, -0.1) is 23.2 Å². The number of nitrogens with one attached hydrogen (secondary N) is 1. The lowest BCUT2D eigenvalue weighted by molar-refractivity contribution is -0.117. The Bertz CT molecular complexity index is 946. The Hall–Kier alpha value is -1.24. The highest BCUT2D eigenvalue weighted by Crippen LogP contribution is 2.65.